The zero-order chi connectivity index (χ0) is 19.5. The van der Waals surface area contributed by atoms with Gasteiger partial charge in [0, 0.05) is 4.88 Å². The number of likely N-dealkylation sites (tertiary alicyclic amines) is 1. The number of carbonyl (C=O) groups is 2. The number of thiophene rings is 1. The van der Waals surface area contributed by atoms with E-state index < -0.39 is 20.5 Å². The topological polar surface area (TPSA) is 55.8 Å². The van der Waals surface area contributed by atoms with Crippen molar-refractivity contribution in [3.63, 3.8) is 0 Å². The van der Waals surface area contributed by atoms with E-state index in [1.165, 1.54) is 16.2 Å². The second kappa shape index (κ2) is 8.23. The van der Waals surface area contributed by atoms with Gasteiger partial charge < -0.3 is 9.16 Å². The van der Waals surface area contributed by atoms with Crippen LogP contribution in [0.15, 0.2) is 17.5 Å². The molecule has 1 fully saturated rings. The highest BCUT2D eigenvalue weighted by molar-refractivity contribution is 7.10. The minimum absolute atomic E-state index is 0.146. The minimum Gasteiger partial charge on any atom is -0.449 e. The van der Waals surface area contributed by atoms with Crippen LogP contribution in [0.3, 0.4) is 0 Å². The summed E-state index contributed by atoms with van der Waals surface area (Å²) in [6.07, 6.45) is -1.14. The lowest BCUT2D eigenvalue weighted by atomic mass is 9.97. The molecule has 0 aliphatic carbocycles. The molecule has 0 spiro atoms. The number of hydrogen-bond acceptors (Lipinski definition) is 5. The number of hydrogen-bond donors (Lipinski definition) is 0. The summed E-state index contributed by atoms with van der Waals surface area (Å²) in [4.78, 5) is 27.5. The van der Waals surface area contributed by atoms with Crippen LogP contribution in [0.25, 0.3) is 0 Å². The number of rotatable bonds is 7. The molecule has 1 aromatic rings. The maximum absolute atomic E-state index is 12.8. The van der Waals surface area contributed by atoms with Gasteiger partial charge in [0.25, 0.3) is 5.91 Å². The molecule has 146 valence electrons. The summed E-state index contributed by atoms with van der Waals surface area (Å²) in [6, 6.07) is 6.42. The fraction of sp³-hybridized carbons (Fsp3) is 0.684. The first-order valence-corrected chi connectivity index (χ1v) is 12.8. The van der Waals surface area contributed by atoms with Crippen LogP contribution in [-0.4, -0.2) is 37.9 Å². The third-order valence-electron chi connectivity index (χ3n) is 5.02. The van der Waals surface area contributed by atoms with Crippen molar-refractivity contribution in [1.82, 2.24) is 4.90 Å². The molecule has 2 rings (SSSR count). The van der Waals surface area contributed by atoms with Crippen molar-refractivity contribution >= 4 is 31.7 Å². The zero-order valence-corrected chi connectivity index (χ0v) is 18.5. The first kappa shape index (κ1) is 21.1. The molecule has 2 amide bonds. The SMILES string of the molecule is CC[Si](CC)(CC)O[C@@H]1C(=O)N(C(=O)OCC(C)(C)C)[C@@H]1c1cccs1. The van der Waals surface area contributed by atoms with Crippen LogP contribution in [-0.2, 0) is 14.0 Å². The Morgan fingerprint density at radius 3 is 2.31 bits per heavy atom. The number of amides is 2. The van der Waals surface area contributed by atoms with Gasteiger partial charge in [-0.2, -0.15) is 0 Å². The highest BCUT2D eigenvalue weighted by atomic mass is 32.1. The smallest absolute Gasteiger partial charge is 0.417 e. The van der Waals surface area contributed by atoms with Crippen LogP contribution in [0.5, 0.6) is 0 Å². The molecule has 2 heterocycles. The van der Waals surface area contributed by atoms with Crippen molar-refractivity contribution in [2.75, 3.05) is 6.61 Å². The average molecular weight is 398 g/mol. The Balaban J connectivity index is 2.21. The van der Waals surface area contributed by atoms with Gasteiger partial charge in [-0.25, -0.2) is 9.69 Å². The quantitative estimate of drug-likeness (QED) is 0.468. The monoisotopic (exact) mass is 397 g/mol. The largest absolute Gasteiger partial charge is 0.449 e. The van der Waals surface area contributed by atoms with Crippen LogP contribution >= 0.6 is 11.3 Å². The van der Waals surface area contributed by atoms with Gasteiger partial charge in [0.1, 0.15) is 6.04 Å². The van der Waals surface area contributed by atoms with Gasteiger partial charge in [-0.05, 0) is 35.0 Å². The highest BCUT2D eigenvalue weighted by Crippen LogP contribution is 2.42. The molecule has 26 heavy (non-hydrogen) atoms. The van der Waals surface area contributed by atoms with Crippen molar-refractivity contribution in [3.8, 4) is 0 Å². The first-order chi connectivity index (χ1) is 12.2. The molecule has 1 saturated heterocycles. The Hall–Kier alpha value is -1.18. The summed E-state index contributed by atoms with van der Waals surface area (Å²) in [5, 5.41) is 1.96. The maximum Gasteiger partial charge on any atom is 0.417 e. The van der Waals surface area contributed by atoms with Gasteiger partial charge >= 0.3 is 6.09 Å². The normalized spacial score (nSPS) is 20.8. The Bertz CT molecular complexity index is 614. The van der Waals surface area contributed by atoms with E-state index in [9.17, 15) is 9.59 Å². The van der Waals surface area contributed by atoms with Gasteiger partial charge in [0.15, 0.2) is 14.4 Å². The van der Waals surface area contributed by atoms with E-state index in [4.69, 9.17) is 9.16 Å². The number of carbonyl (C=O) groups excluding carboxylic acids is 2. The predicted octanol–water partition coefficient (Wildman–Crippen LogP) is 5.20. The molecule has 0 N–H and O–H groups in total. The summed E-state index contributed by atoms with van der Waals surface area (Å²) >= 11 is 1.54. The van der Waals surface area contributed by atoms with Gasteiger partial charge in [0.05, 0.1) is 6.61 Å². The summed E-state index contributed by atoms with van der Waals surface area (Å²) in [5.41, 5.74) is -0.146. The Morgan fingerprint density at radius 1 is 1.23 bits per heavy atom. The van der Waals surface area contributed by atoms with Crippen LogP contribution < -0.4 is 0 Å². The number of ether oxygens (including phenoxy) is 1. The fourth-order valence-corrected chi connectivity index (χ4v) is 6.74. The van der Waals surface area contributed by atoms with Crippen LogP contribution in [0.4, 0.5) is 4.79 Å². The molecule has 7 heteroatoms. The Kier molecular flexibility index (Phi) is 6.68. The van der Waals surface area contributed by atoms with Crippen molar-refractivity contribution in [3.05, 3.63) is 22.4 Å². The molecular formula is C19H31NO4SSi. The minimum atomic E-state index is -1.95. The molecule has 5 nitrogen and oxygen atoms in total. The molecule has 0 saturated carbocycles. The predicted molar refractivity (Wildman–Crippen MR) is 107 cm³/mol. The molecule has 1 aliphatic heterocycles. The summed E-state index contributed by atoms with van der Waals surface area (Å²) in [7, 11) is -1.95. The molecule has 0 unspecified atom stereocenters. The lowest BCUT2D eigenvalue weighted by Gasteiger charge is -2.47. The van der Waals surface area contributed by atoms with E-state index >= 15 is 0 Å². The highest BCUT2D eigenvalue weighted by Gasteiger charge is 2.56. The summed E-state index contributed by atoms with van der Waals surface area (Å²) in [6.45, 7) is 12.7. The number of imide groups is 1. The van der Waals surface area contributed by atoms with Crippen molar-refractivity contribution in [2.45, 2.75) is 71.8 Å². The van der Waals surface area contributed by atoms with Gasteiger partial charge in [-0.3, -0.25) is 4.79 Å². The van der Waals surface area contributed by atoms with Crippen molar-refractivity contribution in [1.29, 1.82) is 0 Å². The molecule has 2 atom stereocenters. The summed E-state index contributed by atoms with van der Waals surface area (Å²) < 4.78 is 11.8. The zero-order valence-electron chi connectivity index (χ0n) is 16.7. The third kappa shape index (κ3) is 4.38. The van der Waals surface area contributed by atoms with Gasteiger partial charge in [-0.1, -0.05) is 47.6 Å². The van der Waals surface area contributed by atoms with Crippen molar-refractivity contribution < 1.29 is 18.8 Å². The molecule has 0 bridgehead atoms. The molecular weight excluding hydrogens is 366 g/mol. The van der Waals surface area contributed by atoms with Crippen LogP contribution in [0, 0.1) is 5.41 Å². The second-order valence-electron chi connectivity index (χ2n) is 8.07. The van der Waals surface area contributed by atoms with E-state index in [1.54, 1.807) is 0 Å². The van der Waals surface area contributed by atoms with Crippen LogP contribution in [0.1, 0.15) is 52.5 Å². The molecule has 0 aromatic carbocycles. The Labute approximate surface area is 161 Å². The number of β-lactam (4-membered cyclic amide) rings is 1. The van der Waals surface area contributed by atoms with E-state index in [0.29, 0.717) is 0 Å². The lowest BCUT2D eigenvalue weighted by Crippen LogP contribution is -2.64. The van der Waals surface area contributed by atoms with E-state index in [1.807, 2.05) is 38.3 Å². The molecule has 0 radical (unpaired) electrons. The van der Waals surface area contributed by atoms with Crippen molar-refractivity contribution in [2.24, 2.45) is 5.41 Å². The average Bonchev–Trinajstić information content (AvgIpc) is 3.12. The van der Waals surface area contributed by atoms with E-state index in [2.05, 4.69) is 20.8 Å². The van der Waals surface area contributed by atoms with E-state index in [0.717, 1.165) is 23.0 Å². The van der Waals surface area contributed by atoms with Crippen LogP contribution in [0.2, 0.25) is 18.1 Å². The maximum atomic E-state index is 12.8. The molecule has 1 aliphatic rings. The third-order valence-corrected chi connectivity index (χ3v) is 10.6. The fourth-order valence-electron chi connectivity index (χ4n) is 3.13. The number of nitrogens with zero attached hydrogens (tertiary/aromatic N) is 1. The standard InChI is InChI=1S/C19H31NO4SSi/c1-7-26(8-2,9-3)24-16-15(14-11-10-12-25-14)20(17(16)21)18(22)23-13-19(4,5)6/h10-12,15-16H,7-9,13H2,1-6H3/t15-,16+/m1/s1. The lowest BCUT2D eigenvalue weighted by molar-refractivity contribution is -0.160. The molecule has 1 aromatic heterocycles. The first-order valence-electron chi connectivity index (χ1n) is 9.39. The Morgan fingerprint density at radius 2 is 1.85 bits per heavy atom. The van der Waals surface area contributed by atoms with E-state index in [-0.39, 0.29) is 24.0 Å². The summed E-state index contributed by atoms with van der Waals surface area (Å²) in [5.74, 6) is -0.269. The van der Waals surface area contributed by atoms with Gasteiger partial charge in [0.2, 0.25) is 0 Å². The van der Waals surface area contributed by atoms with Gasteiger partial charge in [-0.15, -0.1) is 11.3 Å². The second-order valence-corrected chi connectivity index (χ2v) is 13.8.